The molecule has 0 saturated carbocycles. The van der Waals surface area contributed by atoms with Crippen LogP contribution >= 0.6 is 0 Å². The Morgan fingerprint density at radius 3 is 2.17 bits per heavy atom. The Morgan fingerprint density at radius 1 is 0.894 bits per heavy atom. The summed E-state index contributed by atoms with van der Waals surface area (Å²) in [5.41, 5.74) is 1.47. The fourth-order valence-electron chi connectivity index (χ4n) is 4.79. The second-order valence-electron chi connectivity index (χ2n) is 12.7. The molecule has 0 aliphatic heterocycles. The van der Waals surface area contributed by atoms with Gasteiger partial charge in [-0.3, -0.25) is 14.4 Å². The normalized spacial score (nSPS) is 13.3. The molecule has 3 amide bonds. The molecule has 0 spiro atoms. The number of benzene rings is 2. The van der Waals surface area contributed by atoms with E-state index in [-0.39, 0.29) is 31.8 Å². The van der Waals surface area contributed by atoms with Crippen molar-refractivity contribution in [1.82, 2.24) is 20.9 Å². The van der Waals surface area contributed by atoms with Crippen LogP contribution in [-0.2, 0) is 41.5 Å². The van der Waals surface area contributed by atoms with Crippen LogP contribution in [0.2, 0.25) is 0 Å². The highest BCUT2D eigenvalue weighted by Crippen LogP contribution is 2.20. The summed E-state index contributed by atoms with van der Waals surface area (Å²) in [6, 6.07) is 9.11. The fraction of sp³-hybridized carbons (Fsp3) is 0.441. The number of nitrogens with one attached hydrogen (secondary N) is 4. The Bertz CT molecular complexity index is 1550. The number of aliphatic carboxylic acids is 1. The van der Waals surface area contributed by atoms with Crippen LogP contribution in [0.1, 0.15) is 58.6 Å². The first kappa shape index (κ1) is 36.5. The van der Waals surface area contributed by atoms with Crippen LogP contribution in [0.25, 0.3) is 10.9 Å². The smallest absolute Gasteiger partial charge is 0.408 e. The third-order valence-corrected chi connectivity index (χ3v) is 7.00. The Kier molecular flexibility index (Phi) is 12.9. The lowest BCUT2D eigenvalue weighted by Gasteiger charge is -2.26. The predicted molar refractivity (Wildman–Crippen MR) is 172 cm³/mol. The molecule has 13 heteroatoms. The number of hydrogen-bond acceptors (Lipinski definition) is 7. The molecule has 0 unspecified atom stereocenters. The molecule has 3 aromatic rings. The summed E-state index contributed by atoms with van der Waals surface area (Å²) in [4.78, 5) is 67.3. The van der Waals surface area contributed by atoms with E-state index in [1.54, 1.807) is 39.1 Å². The monoisotopic (exact) mass is 654 g/mol. The standard InChI is InChI=1S/C34H43FN4O8/c1-20(2)16-26(30(41)38-28(32(43)44)18-29(40)46-15-14-21-10-12-23(35)13-11-21)37-31(42)27(39-33(45)47-34(3,4)5)17-22-19-36-25-9-7-6-8-24(22)25/h6-13,19-20,26-28,36H,14-18H2,1-5H3,(H,37,42)(H,38,41)(H,39,45)(H,43,44)/t26-,27+,28-/m1/s1. The molecule has 12 nitrogen and oxygen atoms in total. The van der Waals surface area contributed by atoms with Crippen molar-refractivity contribution in [3.63, 3.8) is 0 Å². The second kappa shape index (κ2) is 16.6. The molecule has 0 aliphatic carbocycles. The van der Waals surface area contributed by atoms with Gasteiger partial charge in [0.05, 0.1) is 13.0 Å². The van der Waals surface area contributed by atoms with Gasteiger partial charge in [0.2, 0.25) is 11.8 Å². The molecule has 2 aromatic carbocycles. The molecule has 0 saturated heterocycles. The number of halogens is 1. The number of esters is 1. The molecular formula is C34H43FN4O8. The number of hydrogen-bond donors (Lipinski definition) is 5. The van der Waals surface area contributed by atoms with Gasteiger partial charge in [-0.25, -0.2) is 14.0 Å². The summed E-state index contributed by atoms with van der Waals surface area (Å²) in [6.07, 6.45) is 0.735. The molecule has 1 aromatic heterocycles. The van der Waals surface area contributed by atoms with Gasteiger partial charge in [-0.2, -0.15) is 0 Å². The van der Waals surface area contributed by atoms with E-state index in [9.17, 15) is 33.5 Å². The largest absolute Gasteiger partial charge is 0.480 e. The minimum Gasteiger partial charge on any atom is -0.480 e. The van der Waals surface area contributed by atoms with Gasteiger partial charge in [0.15, 0.2) is 0 Å². The highest BCUT2D eigenvalue weighted by atomic mass is 19.1. The number of carboxylic acids is 1. The molecule has 47 heavy (non-hydrogen) atoms. The Labute approximate surface area is 272 Å². The average Bonchev–Trinajstić information content (AvgIpc) is 3.38. The maximum absolute atomic E-state index is 13.7. The highest BCUT2D eigenvalue weighted by Gasteiger charge is 2.32. The minimum atomic E-state index is -1.63. The lowest BCUT2D eigenvalue weighted by Crippen LogP contribution is -2.57. The van der Waals surface area contributed by atoms with Gasteiger partial charge in [0.25, 0.3) is 0 Å². The van der Waals surface area contributed by atoms with E-state index in [0.717, 1.165) is 22.0 Å². The van der Waals surface area contributed by atoms with Crippen molar-refractivity contribution < 1.29 is 42.9 Å². The molecule has 0 radical (unpaired) electrons. The van der Waals surface area contributed by atoms with E-state index >= 15 is 0 Å². The number of para-hydroxylation sites is 1. The summed E-state index contributed by atoms with van der Waals surface area (Å²) in [5.74, 6) is -4.33. The van der Waals surface area contributed by atoms with E-state index in [1.165, 1.54) is 12.1 Å². The number of ether oxygens (including phenoxy) is 2. The van der Waals surface area contributed by atoms with Crippen molar-refractivity contribution in [1.29, 1.82) is 0 Å². The van der Waals surface area contributed by atoms with Gasteiger partial charge in [0, 0.05) is 29.9 Å². The van der Waals surface area contributed by atoms with Gasteiger partial charge in [0.1, 0.15) is 29.5 Å². The maximum atomic E-state index is 13.7. The van der Waals surface area contributed by atoms with Crippen LogP contribution in [0.5, 0.6) is 0 Å². The van der Waals surface area contributed by atoms with E-state index in [0.29, 0.717) is 0 Å². The summed E-state index contributed by atoms with van der Waals surface area (Å²) in [6.45, 7) is 8.63. The van der Waals surface area contributed by atoms with Crippen molar-refractivity contribution in [3.8, 4) is 0 Å². The minimum absolute atomic E-state index is 0.0621. The number of H-pyrrole nitrogens is 1. The summed E-state index contributed by atoms with van der Waals surface area (Å²) >= 11 is 0. The van der Waals surface area contributed by atoms with Crippen LogP contribution in [0.4, 0.5) is 9.18 Å². The van der Waals surface area contributed by atoms with Gasteiger partial charge >= 0.3 is 18.0 Å². The topological polar surface area (TPSA) is 176 Å². The van der Waals surface area contributed by atoms with Crippen LogP contribution in [0.3, 0.4) is 0 Å². The zero-order valence-corrected chi connectivity index (χ0v) is 27.2. The molecule has 1 heterocycles. The SMILES string of the molecule is CC(C)C[C@@H](NC(=O)[C@H](Cc1c[nH]c2ccccc12)NC(=O)OC(C)(C)C)C(=O)N[C@H](CC(=O)OCCc1ccc(F)cc1)C(=O)O. The average molecular weight is 655 g/mol. The lowest BCUT2D eigenvalue weighted by molar-refractivity contribution is -0.150. The lowest BCUT2D eigenvalue weighted by atomic mass is 10.0. The third-order valence-electron chi connectivity index (χ3n) is 7.00. The third kappa shape index (κ3) is 12.1. The van der Waals surface area contributed by atoms with Crippen LogP contribution in [0.15, 0.2) is 54.7 Å². The molecular weight excluding hydrogens is 611 g/mol. The quantitative estimate of drug-likeness (QED) is 0.153. The molecule has 5 N–H and O–H groups in total. The zero-order chi connectivity index (χ0) is 34.7. The van der Waals surface area contributed by atoms with Crippen LogP contribution in [0, 0.1) is 11.7 Å². The number of fused-ring (bicyclic) bond motifs is 1. The Morgan fingerprint density at radius 2 is 1.53 bits per heavy atom. The number of alkyl carbamates (subject to hydrolysis) is 1. The van der Waals surface area contributed by atoms with E-state index in [4.69, 9.17) is 9.47 Å². The number of aromatic nitrogens is 1. The van der Waals surface area contributed by atoms with E-state index in [1.807, 2.05) is 38.1 Å². The Hall–Kier alpha value is -4.94. The molecule has 0 bridgehead atoms. The number of carboxylic acid groups (broad SMARTS) is 1. The molecule has 0 fully saturated rings. The van der Waals surface area contributed by atoms with Gasteiger partial charge in [-0.15, -0.1) is 0 Å². The fourth-order valence-corrected chi connectivity index (χ4v) is 4.79. The number of rotatable bonds is 15. The van der Waals surface area contributed by atoms with Crippen molar-refractivity contribution in [2.75, 3.05) is 6.61 Å². The van der Waals surface area contributed by atoms with Crippen molar-refractivity contribution in [2.24, 2.45) is 5.92 Å². The maximum Gasteiger partial charge on any atom is 0.408 e. The van der Waals surface area contributed by atoms with Crippen molar-refractivity contribution in [3.05, 3.63) is 71.7 Å². The molecule has 3 atom stereocenters. The Balaban J connectivity index is 1.71. The first-order valence-corrected chi connectivity index (χ1v) is 15.4. The first-order valence-electron chi connectivity index (χ1n) is 15.4. The number of carbonyl (C=O) groups excluding carboxylic acids is 4. The molecule has 3 rings (SSSR count). The summed E-state index contributed by atoms with van der Waals surface area (Å²) in [5, 5.41) is 18.2. The summed E-state index contributed by atoms with van der Waals surface area (Å²) in [7, 11) is 0. The second-order valence-corrected chi connectivity index (χ2v) is 12.7. The van der Waals surface area contributed by atoms with E-state index < -0.39 is 65.8 Å². The van der Waals surface area contributed by atoms with Crippen LogP contribution < -0.4 is 16.0 Å². The predicted octanol–water partition coefficient (Wildman–Crippen LogP) is 4.02. The molecule has 0 aliphatic rings. The number of amides is 3. The number of carbonyl (C=O) groups is 5. The highest BCUT2D eigenvalue weighted by molar-refractivity contribution is 5.94. The van der Waals surface area contributed by atoms with Crippen molar-refractivity contribution >= 4 is 40.7 Å². The number of aromatic amines is 1. The van der Waals surface area contributed by atoms with Gasteiger partial charge < -0.3 is 35.5 Å². The van der Waals surface area contributed by atoms with Crippen molar-refractivity contribution in [2.45, 2.75) is 84.0 Å². The summed E-state index contributed by atoms with van der Waals surface area (Å²) < 4.78 is 23.6. The molecule has 254 valence electrons. The van der Waals surface area contributed by atoms with Crippen LogP contribution in [-0.4, -0.2) is 70.3 Å². The zero-order valence-electron chi connectivity index (χ0n) is 27.2. The van der Waals surface area contributed by atoms with Gasteiger partial charge in [-0.1, -0.05) is 44.2 Å². The first-order chi connectivity index (χ1) is 22.1. The van der Waals surface area contributed by atoms with E-state index in [2.05, 4.69) is 20.9 Å². The van der Waals surface area contributed by atoms with Gasteiger partial charge in [-0.05, 0) is 62.4 Å².